The van der Waals surface area contributed by atoms with Gasteiger partial charge in [0, 0.05) is 37.9 Å². The van der Waals surface area contributed by atoms with E-state index in [1.165, 1.54) is 4.80 Å². The van der Waals surface area contributed by atoms with Crippen LogP contribution in [0.3, 0.4) is 0 Å². The molecule has 0 saturated carbocycles. The summed E-state index contributed by atoms with van der Waals surface area (Å²) in [6, 6.07) is 7.16. The van der Waals surface area contributed by atoms with Crippen LogP contribution >= 0.6 is 0 Å². The number of aromatic nitrogens is 5. The summed E-state index contributed by atoms with van der Waals surface area (Å²) in [5, 5.41) is 19.7. The Morgan fingerprint density at radius 1 is 1.17 bits per heavy atom. The van der Waals surface area contributed by atoms with E-state index in [-0.39, 0.29) is 18.7 Å². The molecule has 1 saturated heterocycles. The fourth-order valence-electron chi connectivity index (χ4n) is 3.63. The second-order valence-electron chi connectivity index (χ2n) is 7.91. The van der Waals surface area contributed by atoms with Crippen molar-refractivity contribution in [1.82, 2.24) is 30.1 Å². The van der Waals surface area contributed by atoms with Crippen molar-refractivity contribution in [1.29, 1.82) is 0 Å². The molecule has 0 atom stereocenters. The molecule has 0 radical (unpaired) electrons. The topological polar surface area (TPSA) is 88.8 Å². The summed E-state index contributed by atoms with van der Waals surface area (Å²) in [6.07, 6.45) is 3.55. The summed E-state index contributed by atoms with van der Waals surface area (Å²) in [6.45, 7) is 6.34. The number of halogens is 1. The molecule has 1 aromatic carbocycles. The van der Waals surface area contributed by atoms with Crippen molar-refractivity contribution >= 4 is 22.6 Å². The lowest BCUT2D eigenvalue weighted by Crippen LogP contribution is -2.49. The molecular formula is C20H24FN7O. The average Bonchev–Trinajstić information content (AvgIpc) is 3.24. The average molecular weight is 397 g/mol. The van der Waals surface area contributed by atoms with Crippen molar-refractivity contribution < 1.29 is 9.18 Å². The molecule has 3 heterocycles. The van der Waals surface area contributed by atoms with Crippen LogP contribution in [0.2, 0.25) is 0 Å². The molecule has 152 valence electrons. The Balaban J connectivity index is 1.48. The smallest absolute Gasteiger partial charge is 0.263 e. The largest absolute Gasteiger partial charge is 0.306 e. The third kappa shape index (κ3) is 4.24. The van der Waals surface area contributed by atoms with Gasteiger partial charge in [-0.1, -0.05) is 13.8 Å². The van der Waals surface area contributed by atoms with Gasteiger partial charge in [0.05, 0.1) is 23.6 Å². The molecule has 1 amide bonds. The van der Waals surface area contributed by atoms with Gasteiger partial charge in [0.15, 0.2) is 11.5 Å². The van der Waals surface area contributed by atoms with Crippen molar-refractivity contribution in [3.63, 3.8) is 0 Å². The molecule has 29 heavy (non-hydrogen) atoms. The Morgan fingerprint density at radius 3 is 2.59 bits per heavy atom. The van der Waals surface area contributed by atoms with Crippen LogP contribution in [-0.2, 0) is 4.79 Å². The van der Waals surface area contributed by atoms with Gasteiger partial charge < -0.3 is 10.2 Å². The van der Waals surface area contributed by atoms with E-state index in [2.05, 4.69) is 44.5 Å². The molecular weight excluding hydrogens is 373 g/mol. The quantitative estimate of drug-likeness (QED) is 0.712. The predicted octanol–water partition coefficient (Wildman–Crippen LogP) is 2.61. The van der Waals surface area contributed by atoms with Crippen LogP contribution in [0.4, 0.5) is 10.2 Å². The molecule has 1 fully saturated rings. The highest BCUT2D eigenvalue weighted by Gasteiger charge is 2.41. The first-order valence-electron chi connectivity index (χ1n) is 9.80. The number of amides is 1. The number of nitrogens with zero attached hydrogens (tertiary/aromatic N) is 6. The number of anilines is 1. The fraction of sp³-hybridized carbons (Fsp3) is 0.450. The minimum atomic E-state index is -1.88. The number of carbonyl (C=O) groups excluding carboxylic acids is 1. The van der Waals surface area contributed by atoms with Crippen LogP contribution in [0.15, 0.2) is 36.7 Å². The summed E-state index contributed by atoms with van der Waals surface area (Å²) >= 11 is 0. The molecule has 9 heteroatoms. The van der Waals surface area contributed by atoms with Crippen LogP contribution in [0.25, 0.3) is 16.6 Å². The molecule has 0 aliphatic carbocycles. The fourth-order valence-corrected chi connectivity index (χ4v) is 3.63. The summed E-state index contributed by atoms with van der Waals surface area (Å²) in [7, 11) is 0. The third-order valence-corrected chi connectivity index (χ3v) is 5.14. The van der Waals surface area contributed by atoms with E-state index in [4.69, 9.17) is 0 Å². The van der Waals surface area contributed by atoms with Crippen molar-refractivity contribution in [3.05, 3.63) is 36.7 Å². The number of hydrogen-bond acceptors (Lipinski definition) is 6. The van der Waals surface area contributed by atoms with Crippen LogP contribution in [-0.4, -0.2) is 61.3 Å². The number of rotatable bonds is 5. The Bertz CT molecular complexity index is 997. The van der Waals surface area contributed by atoms with Crippen LogP contribution in [0.1, 0.15) is 26.7 Å². The number of benzene rings is 1. The number of carbonyl (C=O) groups is 1. The van der Waals surface area contributed by atoms with Gasteiger partial charge in [-0.3, -0.25) is 4.79 Å². The van der Waals surface area contributed by atoms with Crippen LogP contribution < -0.4 is 5.32 Å². The van der Waals surface area contributed by atoms with E-state index in [0.717, 1.165) is 17.6 Å². The summed E-state index contributed by atoms with van der Waals surface area (Å²) in [4.78, 5) is 16.3. The van der Waals surface area contributed by atoms with E-state index in [1.807, 2.05) is 12.1 Å². The summed E-state index contributed by atoms with van der Waals surface area (Å²) in [5.41, 5.74) is -0.464. The van der Waals surface area contributed by atoms with Crippen LogP contribution in [0.5, 0.6) is 0 Å². The third-order valence-electron chi connectivity index (χ3n) is 5.14. The Morgan fingerprint density at radius 2 is 1.90 bits per heavy atom. The molecule has 0 bridgehead atoms. The zero-order valence-corrected chi connectivity index (χ0v) is 16.5. The maximum absolute atomic E-state index is 15.2. The number of fused-ring (bicyclic) bond motifs is 1. The molecule has 4 rings (SSSR count). The van der Waals surface area contributed by atoms with Crippen molar-refractivity contribution in [3.8, 4) is 5.69 Å². The van der Waals surface area contributed by atoms with Crippen molar-refractivity contribution in [2.45, 2.75) is 32.4 Å². The first kappa shape index (κ1) is 19.4. The predicted molar refractivity (Wildman–Crippen MR) is 107 cm³/mol. The minimum Gasteiger partial charge on any atom is -0.306 e. The van der Waals surface area contributed by atoms with E-state index < -0.39 is 11.6 Å². The molecule has 1 aliphatic heterocycles. The molecule has 8 nitrogen and oxygen atoms in total. The molecule has 1 N–H and O–H groups in total. The molecule has 0 spiro atoms. The Labute approximate surface area is 168 Å². The number of hydrogen-bond donors (Lipinski definition) is 1. The van der Waals surface area contributed by atoms with E-state index in [0.29, 0.717) is 24.5 Å². The molecule has 3 aromatic rings. The van der Waals surface area contributed by atoms with Crippen LogP contribution in [0, 0.1) is 5.92 Å². The van der Waals surface area contributed by atoms with Gasteiger partial charge in [-0.05, 0) is 30.2 Å². The van der Waals surface area contributed by atoms with E-state index >= 15 is 4.39 Å². The summed E-state index contributed by atoms with van der Waals surface area (Å²) < 4.78 is 15.2. The van der Waals surface area contributed by atoms with Crippen molar-refractivity contribution in [2.75, 3.05) is 25.0 Å². The first-order chi connectivity index (χ1) is 13.9. The Kier molecular flexibility index (Phi) is 5.23. The van der Waals surface area contributed by atoms with Crippen molar-refractivity contribution in [2.24, 2.45) is 5.92 Å². The van der Waals surface area contributed by atoms with E-state index in [9.17, 15) is 4.79 Å². The monoisotopic (exact) mass is 397 g/mol. The second kappa shape index (κ2) is 7.82. The maximum atomic E-state index is 15.2. The zero-order chi connectivity index (χ0) is 20.4. The van der Waals surface area contributed by atoms with E-state index in [1.54, 1.807) is 24.5 Å². The lowest BCUT2D eigenvalue weighted by Gasteiger charge is -2.35. The number of likely N-dealkylation sites (tertiary alicyclic amines) is 1. The standard InChI is InChI=1S/C20H24FN7O/c1-14(2)13-27-9-5-20(21,6-10-27)19(29)24-18-12-15-11-16(28-22-7-8-23-28)3-4-17(15)25-26-18/h3-4,7-8,11-12,14H,5-6,9-10,13H2,1-2H3,(H,24,26,29). The van der Waals surface area contributed by atoms with Gasteiger partial charge in [-0.2, -0.15) is 15.0 Å². The summed E-state index contributed by atoms with van der Waals surface area (Å²) in [5.74, 6) is 0.0978. The normalized spacial score (nSPS) is 17.0. The molecule has 1 aliphatic rings. The van der Waals surface area contributed by atoms with Gasteiger partial charge in [0.1, 0.15) is 0 Å². The SMILES string of the molecule is CC(C)CN1CCC(F)(C(=O)Nc2cc3cc(-n4nccn4)ccc3nn2)CC1. The molecule has 2 aromatic heterocycles. The highest BCUT2D eigenvalue weighted by atomic mass is 19.1. The Hall–Kier alpha value is -2.94. The number of piperidine rings is 1. The van der Waals surface area contributed by atoms with Gasteiger partial charge >= 0.3 is 0 Å². The number of alkyl halides is 1. The highest BCUT2D eigenvalue weighted by Crippen LogP contribution is 2.29. The zero-order valence-electron chi connectivity index (χ0n) is 16.5. The molecule has 0 unspecified atom stereocenters. The highest BCUT2D eigenvalue weighted by molar-refractivity contribution is 5.97. The van der Waals surface area contributed by atoms with Gasteiger partial charge in [-0.25, -0.2) is 4.39 Å². The maximum Gasteiger partial charge on any atom is 0.263 e. The lowest BCUT2D eigenvalue weighted by molar-refractivity contribution is -0.130. The van der Waals surface area contributed by atoms with Gasteiger partial charge in [0.2, 0.25) is 0 Å². The minimum absolute atomic E-state index is 0.182. The van der Waals surface area contributed by atoms with Gasteiger partial charge in [0.25, 0.3) is 5.91 Å². The first-order valence-corrected chi connectivity index (χ1v) is 9.80. The second-order valence-corrected chi connectivity index (χ2v) is 7.91. The number of nitrogens with one attached hydrogen (secondary N) is 1. The lowest BCUT2D eigenvalue weighted by atomic mass is 9.92. The van der Waals surface area contributed by atoms with Gasteiger partial charge in [-0.15, -0.1) is 10.2 Å².